The topological polar surface area (TPSA) is 50.9 Å². The Bertz CT molecular complexity index is 731. The average Bonchev–Trinajstić information content (AvgIpc) is 2.55. The molecule has 0 fully saturated rings. The van der Waals surface area contributed by atoms with Crippen LogP contribution in [0.2, 0.25) is 0 Å². The summed E-state index contributed by atoms with van der Waals surface area (Å²) >= 11 is 5.19. The van der Waals surface area contributed by atoms with Crippen LogP contribution in [0.5, 0.6) is 5.75 Å². The van der Waals surface area contributed by atoms with Gasteiger partial charge < -0.3 is 15.4 Å². The van der Waals surface area contributed by atoms with E-state index in [4.69, 9.17) is 15.5 Å². The highest BCUT2D eigenvalue weighted by Gasteiger charge is 2.40. The summed E-state index contributed by atoms with van der Waals surface area (Å²) < 4.78 is 6.95. The molecule has 23 heavy (non-hydrogen) atoms. The van der Waals surface area contributed by atoms with Crippen LogP contribution in [0.15, 0.2) is 46.0 Å². The Morgan fingerprint density at radius 1 is 1.35 bits per heavy atom. The van der Waals surface area contributed by atoms with Crippen LogP contribution in [-0.4, -0.2) is 24.1 Å². The molecule has 3 aliphatic rings. The molecular formula is C17H18BrN3OS. The zero-order valence-electron chi connectivity index (χ0n) is 12.7. The molecule has 3 aliphatic heterocycles. The summed E-state index contributed by atoms with van der Waals surface area (Å²) in [6.45, 7) is 1.56. The molecule has 1 atom stereocenters. The monoisotopic (exact) mass is 391 g/mol. The van der Waals surface area contributed by atoms with Crippen LogP contribution in [0.4, 0.5) is 5.69 Å². The van der Waals surface area contributed by atoms with Crippen molar-refractivity contribution >= 4 is 38.5 Å². The molecule has 1 spiro atoms. The molecule has 1 aromatic rings. The zero-order valence-corrected chi connectivity index (χ0v) is 15.1. The van der Waals surface area contributed by atoms with Crippen molar-refractivity contribution in [2.45, 2.75) is 18.4 Å². The summed E-state index contributed by atoms with van der Waals surface area (Å²) in [6, 6.07) is 6.40. The number of anilines is 1. The summed E-state index contributed by atoms with van der Waals surface area (Å²) in [5, 5.41) is 0.693. The number of amidine groups is 1. The molecule has 0 amide bonds. The maximum atomic E-state index is 6.03. The summed E-state index contributed by atoms with van der Waals surface area (Å²) in [6.07, 6.45) is 8.22. The number of thioether (sulfide) groups is 1. The van der Waals surface area contributed by atoms with Gasteiger partial charge in [0.15, 0.2) is 5.17 Å². The molecule has 0 aromatic heterocycles. The van der Waals surface area contributed by atoms with Crippen LogP contribution >= 0.6 is 27.7 Å². The van der Waals surface area contributed by atoms with Crippen LogP contribution in [0.3, 0.4) is 0 Å². The number of benzene rings is 1. The zero-order chi connectivity index (χ0) is 15.9. The molecule has 4 nitrogen and oxygen atoms in total. The van der Waals surface area contributed by atoms with Gasteiger partial charge in [-0.05, 0) is 46.6 Å². The molecule has 0 saturated heterocycles. The lowest BCUT2D eigenvalue weighted by Crippen LogP contribution is -2.36. The van der Waals surface area contributed by atoms with Crippen molar-refractivity contribution in [3.8, 4) is 5.75 Å². The van der Waals surface area contributed by atoms with Gasteiger partial charge in [-0.3, -0.25) is 4.99 Å². The third kappa shape index (κ3) is 2.78. The predicted octanol–water partition coefficient (Wildman–Crippen LogP) is 3.73. The van der Waals surface area contributed by atoms with E-state index in [2.05, 4.69) is 57.4 Å². The van der Waals surface area contributed by atoms with E-state index in [1.165, 1.54) is 5.56 Å². The van der Waals surface area contributed by atoms with Crippen molar-refractivity contribution in [2.75, 3.05) is 23.8 Å². The van der Waals surface area contributed by atoms with Crippen molar-refractivity contribution < 1.29 is 4.74 Å². The van der Waals surface area contributed by atoms with Gasteiger partial charge in [-0.1, -0.05) is 17.8 Å². The van der Waals surface area contributed by atoms with Gasteiger partial charge in [-0.15, -0.1) is 0 Å². The molecule has 6 heteroatoms. The molecule has 1 unspecified atom stereocenters. The van der Waals surface area contributed by atoms with Crippen molar-refractivity contribution in [1.82, 2.24) is 0 Å². The van der Waals surface area contributed by atoms with Gasteiger partial charge in [-0.2, -0.15) is 0 Å². The summed E-state index contributed by atoms with van der Waals surface area (Å²) in [4.78, 5) is 7.06. The Morgan fingerprint density at radius 3 is 3.09 bits per heavy atom. The quantitative estimate of drug-likeness (QED) is 0.792. The number of ether oxygens (including phenoxy) is 1. The first-order valence-corrected chi connectivity index (χ1v) is 9.50. The number of fused-ring (bicyclic) bond motifs is 2. The largest absolute Gasteiger partial charge is 0.493 e. The summed E-state index contributed by atoms with van der Waals surface area (Å²) in [5.74, 6) is 1.95. The minimum absolute atomic E-state index is 0.217. The lowest BCUT2D eigenvalue weighted by Gasteiger charge is -2.38. The van der Waals surface area contributed by atoms with E-state index >= 15 is 0 Å². The Morgan fingerprint density at radius 2 is 2.26 bits per heavy atom. The first-order valence-electron chi connectivity index (χ1n) is 7.72. The number of nitrogens with zero attached hydrogens (tertiary/aromatic N) is 2. The summed E-state index contributed by atoms with van der Waals surface area (Å²) in [5.41, 5.74) is 8.14. The van der Waals surface area contributed by atoms with Gasteiger partial charge in [0.05, 0.1) is 12.1 Å². The fourth-order valence-electron chi connectivity index (χ4n) is 3.35. The fourth-order valence-corrected chi connectivity index (χ4v) is 4.68. The molecule has 0 radical (unpaired) electrons. The number of allylic oxidation sites excluding steroid dienone is 2. The first kappa shape index (κ1) is 15.1. The van der Waals surface area contributed by atoms with Gasteiger partial charge in [-0.25, -0.2) is 0 Å². The maximum absolute atomic E-state index is 6.03. The molecule has 120 valence electrons. The second-order valence-electron chi connectivity index (χ2n) is 5.93. The number of nitrogens with two attached hydrogens (primary N) is 1. The van der Waals surface area contributed by atoms with E-state index in [1.54, 1.807) is 11.8 Å². The average molecular weight is 392 g/mol. The number of halogens is 1. The normalized spacial score (nSPS) is 26.4. The highest BCUT2D eigenvalue weighted by molar-refractivity contribution is 9.11. The minimum Gasteiger partial charge on any atom is -0.493 e. The summed E-state index contributed by atoms with van der Waals surface area (Å²) in [7, 11) is 0. The fraction of sp³-hybridized carbons (Fsp3) is 0.353. The lowest BCUT2D eigenvalue weighted by molar-refractivity contribution is 0.214. The first-order chi connectivity index (χ1) is 11.2. The third-order valence-electron chi connectivity index (χ3n) is 4.52. The Hall–Kier alpha value is -1.40. The van der Waals surface area contributed by atoms with Gasteiger partial charge in [0, 0.05) is 40.7 Å². The van der Waals surface area contributed by atoms with Crippen molar-refractivity contribution in [3.05, 3.63) is 46.6 Å². The smallest absolute Gasteiger partial charge is 0.154 e. The van der Waals surface area contributed by atoms with Gasteiger partial charge in [0.25, 0.3) is 0 Å². The molecule has 4 rings (SSSR count). The molecular weight excluding hydrogens is 374 g/mol. The van der Waals surface area contributed by atoms with E-state index in [9.17, 15) is 0 Å². The van der Waals surface area contributed by atoms with E-state index in [-0.39, 0.29) is 5.54 Å². The van der Waals surface area contributed by atoms with Crippen LogP contribution in [-0.2, 0) is 5.54 Å². The highest BCUT2D eigenvalue weighted by atomic mass is 79.9. The standard InChI is InChI=1S/C17H18BrN3OS/c18-12-2-1-7-21(11-12)13-3-4-15-14(10-13)17(5-8-22-15)6-9-23-16(19)20-17/h1-4,10-11H,5-9H2,(H2,19,20). The molecule has 2 N–H and O–H groups in total. The number of rotatable bonds is 1. The van der Waals surface area contributed by atoms with Crippen LogP contribution in [0.1, 0.15) is 18.4 Å². The van der Waals surface area contributed by atoms with Crippen molar-refractivity contribution in [2.24, 2.45) is 10.7 Å². The third-order valence-corrected chi connectivity index (χ3v) is 5.78. The van der Waals surface area contributed by atoms with Crippen LogP contribution in [0, 0.1) is 0 Å². The van der Waals surface area contributed by atoms with E-state index < -0.39 is 0 Å². The van der Waals surface area contributed by atoms with Crippen LogP contribution < -0.4 is 15.4 Å². The van der Waals surface area contributed by atoms with Crippen molar-refractivity contribution in [1.29, 1.82) is 0 Å². The maximum Gasteiger partial charge on any atom is 0.154 e. The van der Waals surface area contributed by atoms with Gasteiger partial charge in [0.1, 0.15) is 5.75 Å². The van der Waals surface area contributed by atoms with E-state index in [1.807, 2.05) is 0 Å². The lowest BCUT2D eigenvalue weighted by atomic mass is 9.82. The predicted molar refractivity (Wildman–Crippen MR) is 100 cm³/mol. The molecule has 0 bridgehead atoms. The molecule has 0 aliphatic carbocycles. The second kappa shape index (κ2) is 5.91. The number of hydrogen-bond acceptors (Lipinski definition) is 5. The van der Waals surface area contributed by atoms with Crippen molar-refractivity contribution in [3.63, 3.8) is 0 Å². The molecule has 3 heterocycles. The second-order valence-corrected chi connectivity index (χ2v) is 7.96. The molecule has 0 saturated carbocycles. The Labute approximate surface area is 148 Å². The minimum atomic E-state index is -0.217. The van der Waals surface area contributed by atoms with Crippen LogP contribution in [0.25, 0.3) is 0 Å². The number of hydrogen-bond donors (Lipinski definition) is 1. The van der Waals surface area contributed by atoms with E-state index in [0.717, 1.165) is 41.1 Å². The highest BCUT2D eigenvalue weighted by Crippen LogP contribution is 2.46. The SMILES string of the molecule is NC1=NC2(CCOc3ccc(N4C=C(Br)C=CC4)cc32)CCS1. The van der Waals surface area contributed by atoms with Gasteiger partial charge >= 0.3 is 0 Å². The Kier molecular flexibility index (Phi) is 3.89. The van der Waals surface area contributed by atoms with E-state index in [0.29, 0.717) is 11.8 Å². The Balaban J connectivity index is 1.77. The molecule has 1 aromatic carbocycles. The number of aliphatic imine (C=N–C) groups is 1. The van der Waals surface area contributed by atoms with Gasteiger partial charge in [0.2, 0.25) is 0 Å².